The lowest BCUT2D eigenvalue weighted by Gasteiger charge is -2.37. The molecule has 0 fully saturated rings. The van der Waals surface area contributed by atoms with Gasteiger partial charge in [0.2, 0.25) is 0 Å². The summed E-state index contributed by atoms with van der Waals surface area (Å²) in [5, 5.41) is 12.5. The van der Waals surface area contributed by atoms with Crippen LogP contribution in [0.3, 0.4) is 0 Å². The van der Waals surface area contributed by atoms with Gasteiger partial charge in [0.1, 0.15) is 11.1 Å². The van der Waals surface area contributed by atoms with Crippen molar-refractivity contribution in [3.05, 3.63) is 63.4 Å². The van der Waals surface area contributed by atoms with E-state index < -0.39 is 11.4 Å². The van der Waals surface area contributed by atoms with Crippen molar-refractivity contribution in [2.45, 2.75) is 33.2 Å². The van der Waals surface area contributed by atoms with Crippen LogP contribution in [0, 0.1) is 5.41 Å². The lowest BCUT2D eigenvalue weighted by Crippen LogP contribution is -2.32. The predicted molar refractivity (Wildman–Crippen MR) is 116 cm³/mol. The molecular formula is C23H20N2O4S. The highest BCUT2D eigenvalue weighted by Gasteiger charge is 2.36. The molecule has 0 radical (unpaired) electrons. The van der Waals surface area contributed by atoms with Gasteiger partial charge in [0.15, 0.2) is 11.2 Å². The van der Waals surface area contributed by atoms with Crippen LogP contribution in [0.2, 0.25) is 0 Å². The number of furan rings is 1. The second kappa shape index (κ2) is 6.40. The lowest BCUT2D eigenvalue weighted by molar-refractivity contribution is 0.0693. The zero-order chi connectivity index (χ0) is 21.2. The van der Waals surface area contributed by atoms with Crippen LogP contribution in [0.5, 0.6) is 0 Å². The van der Waals surface area contributed by atoms with Crippen LogP contribution in [-0.4, -0.2) is 20.0 Å². The monoisotopic (exact) mass is 420 g/mol. The maximum absolute atomic E-state index is 12.5. The number of rotatable bonds is 2. The van der Waals surface area contributed by atoms with Gasteiger partial charge in [0.05, 0.1) is 5.69 Å². The van der Waals surface area contributed by atoms with Gasteiger partial charge in [-0.05, 0) is 35.0 Å². The minimum absolute atomic E-state index is 0.0137. The van der Waals surface area contributed by atoms with Crippen LogP contribution in [0.4, 0.5) is 0 Å². The first-order valence-corrected chi connectivity index (χ1v) is 10.5. The third kappa shape index (κ3) is 2.81. The van der Waals surface area contributed by atoms with Crippen molar-refractivity contribution in [3.8, 4) is 22.6 Å². The molecule has 1 N–H and O–H groups in total. The van der Waals surface area contributed by atoms with Gasteiger partial charge in [-0.3, -0.25) is 4.79 Å². The first-order valence-electron chi connectivity index (χ1n) is 9.69. The second-order valence-electron chi connectivity index (χ2n) is 8.77. The van der Waals surface area contributed by atoms with E-state index in [2.05, 4.69) is 37.3 Å². The molecule has 0 bridgehead atoms. The summed E-state index contributed by atoms with van der Waals surface area (Å²) in [6.07, 6.45) is 3.99. The summed E-state index contributed by atoms with van der Waals surface area (Å²) in [7, 11) is 0. The number of benzene rings is 1. The molecule has 1 aliphatic rings. The molecule has 0 saturated carbocycles. The number of fused-ring (bicyclic) bond motifs is 5. The largest absolute Gasteiger partial charge is 0.477 e. The Labute approximate surface area is 176 Å². The van der Waals surface area contributed by atoms with Crippen LogP contribution >= 0.6 is 11.5 Å². The molecule has 1 atom stereocenters. The van der Waals surface area contributed by atoms with E-state index in [-0.39, 0.29) is 17.0 Å². The molecule has 1 unspecified atom stereocenters. The number of nitrogens with zero attached hydrogens (tertiary/aromatic N) is 2. The zero-order valence-electron chi connectivity index (χ0n) is 16.8. The second-order valence-corrected chi connectivity index (χ2v) is 9.43. The minimum atomic E-state index is -1.22. The maximum atomic E-state index is 12.5. The molecule has 4 aromatic rings. The molecule has 0 aliphatic carbocycles. The number of carbonyl (C=O) groups is 1. The molecule has 1 aromatic carbocycles. The Morgan fingerprint density at radius 2 is 2.07 bits per heavy atom. The highest BCUT2D eigenvalue weighted by Crippen LogP contribution is 2.46. The van der Waals surface area contributed by atoms with E-state index in [1.807, 2.05) is 22.2 Å². The Morgan fingerprint density at radius 1 is 1.27 bits per heavy atom. The number of hydrogen-bond acceptors (Lipinski definition) is 5. The molecule has 3 aromatic heterocycles. The standard InChI is InChI=1S/C23H20N2O4S/c1-23(2,3)20-7-15-14-5-4-12(13-9-24-30-11-13)6-19(14)29-21(15)17-8-18(26)16(22(27)28)10-25(17)20/h4-6,8-11,20H,7H2,1-3H3,(H,27,28). The third-order valence-corrected chi connectivity index (χ3v) is 6.42. The Hall–Kier alpha value is -3.19. The molecule has 0 amide bonds. The molecule has 1 aliphatic heterocycles. The van der Waals surface area contributed by atoms with E-state index in [0.29, 0.717) is 17.9 Å². The minimum Gasteiger partial charge on any atom is -0.477 e. The van der Waals surface area contributed by atoms with Gasteiger partial charge in [-0.15, -0.1) is 0 Å². The fraction of sp³-hybridized carbons (Fsp3) is 0.261. The van der Waals surface area contributed by atoms with Gasteiger partial charge in [-0.2, -0.15) is 0 Å². The molecule has 0 spiro atoms. The van der Waals surface area contributed by atoms with E-state index in [1.54, 1.807) is 0 Å². The first-order chi connectivity index (χ1) is 14.2. The number of carboxylic acid groups (broad SMARTS) is 1. The van der Waals surface area contributed by atoms with E-state index in [0.717, 1.165) is 27.7 Å². The molecule has 5 rings (SSSR count). The van der Waals surface area contributed by atoms with Crippen LogP contribution in [0.15, 0.2) is 51.3 Å². The Morgan fingerprint density at radius 3 is 2.73 bits per heavy atom. The summed E-state index contributed by atoms with van der Waals surface area (Å²) < 4.78 is 12.3. The van der Waals surface area contributed by atoms with Gasteiger partial charge in [-0.1, -0.05) is 32.9 Å². The third-order valence-electron chi connectivity index (χ3n) is 5.83. The molecular weight excluding hydrogens is 400 g/mol. The highest BCUT2D eigenvalue weighted by atomic mass is 32.1. The molecule has 7 heteroatoms. The van der Waals surface area contributed by atoms with Gasteiger partial charge in [0.25, 0.3) is 0 Å². The zero-order valence-corrected chi connectivity index (χ0v) is 17.6. The van der Waals surface area contributed by atoms with Crippen molar-refractivity contribution in [1.82, 2.24) is 8.94 Å². The number of pyridine rings is 1. The predicted octanol–water partition coefficient (Wildman–Crippen LogP) is 5.23. The topological polar surface area (TPSA) is 85.3 Å². The smallest absolute Gasteiger partial charge is 0.341 e. The van der Waals surface area contributed by atoms with Crippen molar-refractivity contribution in [3.63, 3.8) is 0 Å². The Bertz CT molecular complexity index is 1360. The van der Waals surface area contributed by atoms with E-state index in [9.17, 15) is 14.7 Å². The highest BCUT2D eigenvalue weighted by molar-refractivity contribution is 7.03. The molecule has 30 heavy (non-hydrogen) atoms. The number of carboxylic acids is 1. The maximum Gasteiger partial charge on any atom is 0.341 e. The summed E-state index contributed by atoms with van der Waals surface area (Å²) in [5.74, 6) is -0.576. The van der Waals surface area contributed by atoms with Crippen LogP contribution in [0.1, 0.15) is 42.7 Å². The summed E-state index contributed by atoms with van der Waals surface area (Å²) in [6, 6.07) is 7.50. The van der Waals surface area contributed by atoms with Crippen molar-refractivity contribution in [1.29, 1.82) is 0 Å². The molecule has 0 saturated heterocycles. The average Bonchev–Trinajstić information content (AvgIpc) is 3.33. The van der Waals surface area contributed by atoms with Crippen molar-refractivity contribution in [2.75, 3.05) is 0 Å². The van der Waals surface area contributed by atoms with E-state index in [1.165, 1.54) is 23.8 Å². The van der Waals surface area contributed by atoms with Crippen LogP contribution in [0.25, 0.3) is 33.6 Å². The van der Waals surface area contributed by atoms with Gasteiger partial charge >= 0.3 is 5.97 Å². The summed E-state index contributed by atoms with van der Waals surface area (Å²) in [6.45, 7) is 6.36. The number of hydrogen-bond donors (Lipinski definition) is 1. The van der Waals surface area contributed by atoms with Gasteiger partial charge in [-0.25, -0.2) is 9.17 Å². The average molecular weight is 420 g/mol. The van der Waals surface area contributed by atoms with Crippen molar-refractivity contribution >= 4 is 28.5 Å². The molecule has 4 heterocycles. The number of aromatic nitrogens is 2. The normalized spacial score (nSPS) is 15.8. The quantitative estimate of drug-likeness (QED) is 0.480. The lowest BCUT2D eigenvalue weighted by atomic mass is 9.79. The van der Waals surface area contributed by atoms with Crippen molar-refractivity contribution < 1.29 is 14.3 Å². The van der Waals surface area contributed by atoms with E-state index in [4.69, 9.17) is 4.42 Å². The fourth-order valence-corrected chi connectivity index (χ4v) is 4.80. The Balaban J connectivity index is 1.77. The van der Waals surface area contributed by atoms with Gasteiger partial charge < -0.3 is 14.1 Å². The Kier molecular flexibility index (Phi) is 4.02. The van der Waals surface area contributed by atoms with Gasteiger partial charge in [0, 0.05) is 46.4 Å². The summed E-state index contributed by atoms with van der Waals surface area (Å²) in [5.41, 5.74) is 3.60. The molecule has 152 valence electrons. The first kappa shape index (κ1) is 18.8. The summed E-state index contributed by atoms with van der Waals surface area (Å²) >= 11 is 1.40. The van der Waals surface area contributed by atoms with E-state index >= 15 is 0 Å². The molecule has 6 nitrogen and oxygen atoms in total. The number of aromatic carboxylic acids is 1. The summed E-state index contributed by atoms with van der Waals surface area (Å²) in [4.78, 5) is 24.0. The SMILES string of the molecule is CC(C)(C)C1Cc2c(oc3cc(-c4cnsc4)ccc23)-c2cc(=O)c(C(=O)O)cn21. The fourth-order valence-electron chi connectivity index (χ4n) is 4.25. The van der Waals surface area contributed by atoms with Crippen molar-refractivity contribution in [2.24, 2.45) is 5.41 Å². The van der Waals surface area contributed by atoms with Crippen LogP contribution < -0.4 is 5.43 Å². The van der Waals surface area contributed by atoms with Crippen LogP contribution in [-0.2, 0) is 6.42 Å².